The predicted octanol–water partition coefficient (Wildman–Crippen LogP) is 5.54. The van der Waals surface area contributed by atoms with Crippen LogP contribution in [0.2, 0.25) is 0 Å². The van der Waals surface area contributed by atoms with Gasteiger partial charge < -0.3 is 13.9 Å². The summed E-state index contributed by atoms with van der Waals surface area (Å²) >= 11 is 0. The summed E-state index contributed by atoms with van der Waals surface area (Å²) in [5.41, 5.74) is 3.97. The van der Waals surface area contributed by atoms with E-state index in [0.717, 1.165) is 34.1 Å². The lowest BCUT2D eigenvalue weighted by molar-refractivity contribution is 0.468. The first kappa shape index (κ1) is 21.0. The quantitative estimate of drug-likeness (QED) is 0.404. The van der Waals surface area contributed by atoms with Gasteiger partial charge in [0.1, 0.15) is 16.4 Å². The molecular formula is C25H25NO4S. The Hall–Kier alpha value is -3.25. The van der Waals surface area contributed by atoms with E-state index in [2.05, 4.69) is 11.5 Å². The molecule has 4 aromatic rings. The van der Waals surface area contributed by atoms with E-state index < -0.39 is 10.1 Å². The maximum Gasteiger partial charge on any atom is 0.339 e. The van der Waals surface area contributed by atoms with E-state index in [1.807, 2.05) is 44.3 Å². The summed E-state index contributed by atoms with van der Waals surface area (Å²) in [6, 6.07) is 19.4. The highest BCUT2D eigenvalue weighted by Crippen LogP contribution is 2.30. The second-order valence-electron chi connectivity index (χ2n) is 7.93. The van der Waals surface area contributed by atoms with E-state index >= 15 is 0 Å². The molecule has 1 unspecified atom stereocenters. The standard InChI is InChI=1S/C25H25NO4S/c1-17-7-10-22(11-8-17)31(28,29)30-21-9-12-24-20(15-21)13-14-26(24)16-18(2)23-5-4-6-25(27)19(23)3/h4-15,18,27H,16H2,1-3H3. The number of benzene rings is 3. The van der Waals surface area contributed by atoms with Crippen molar-refractivity contribution in [2.24, 2.45) is 0 Å². The SMILES string of the molecule is Cc1ccc(S(=O)(=O)Oc2ccc3c(ccn3CC(C)c3cccc(O)c3C)c2)cc1. The zero-order valence-electron chi connectivity index (χ0n) is 17.7. The van der Waals surface area contributed by atoms with Gasteiger partial charge in [-0.15, -0.1) is 0 Å². The lowest BCUT2D eigenvalue weighted by atomic mass is 9.95. The summed E-state index contributed by atoms with van der Waals surface area (Å²) in [5, 5.41) is 10.9. The van der Waals surface area contributed by atoms with Crippen molar-refractivity contribution in [3.8, 4) is 11.5 Å². The largest absolute Gasteiger partial charge is 0.508 e. The second kappa shape index (κ2) is 8.12. The first-order valence-electron chi connectivity index (χ1n) is 10.1. The minimum absolute atomic E-state index is 0.131. The van der Waals surface area contributed by atoms with Crippen LogP contribution in [0, 0.1) is 13.8 Å². The summed E-state index contributed by atoms with van der Waals surface area (Å²) < 4.78 is 32.6. The molecule has 3 aromatic carbocycles. The molecule has 0 radical (unpaired) electrons. The third kappa shape index (κ3) is 4.30. The number of nitrogens with zero attached hydrogens (tertiary/aromatic N) is 1. The maximum atomic E-state index is 12.6. The number of aryl methyl sites for hydroxylation is 1. The van der Waals surface area contributed by atoms with Gasteiger partial charge in [0.05, 0.1) is 0 Å². The van der Waals surface area contributed by atoms with Gasteiger partial charge in [-0.3, -0.25) is 0 Å². The number of fused-ring (bicyclic) bond motifs is 1. The first-order chi connectivity index (χ1) is 14.7. The van der Waals surface area contributed by atoms with Crippen LogP contribution in [0.5, 0.6) is 11.5 Å². The normalized spacial score (nSPS) is 12.7. The Kier molecular flexibility index (Phi) is 5.50. The van der Waals surface area contributed by atoms with Crippen LogP contribution in [-0.4, -0.2) is 18.1 Å². The molecule has 1 N–H and O–H groups in total. The highest BCUT2D eigenvalue weighted by molar-refractivity contribution is 7.87. The molecule has 6 heteroatoms. The van der Waals surface area contributed by atoms with E-state index in [1.54, 1.807) is 42.5 Å². The molecular weight excluding hydrogens is 410 g/mol. The van der Waals surface area contributed by atoms with E-state index in [0.29, 0.717) is 5.75 Å². The van der Waals surface area contributed by atoms with Gasteiger partial charge >= 0.3 is 10.1 Å². The van der Waals surface area contributed by atoms with Crippen molar-refractivity contribution in [2.75, 3.05) is 0 Å². The molecule has 31 heavy (non-hydrogen) atoms. The number of aromatic hydroxyl groups is 1. The van der Waals surface area contributed by atoms with Crippen LogP contribution in [0.4, 0.5) is 0 Å². The van der Waals surface area contributed by atoms with Gasteiger partial charge in [0.15, 0.2) is 0 Å². The Bertz CT molecular complexity index is 1340. The average Bonchev–Trinajstić information content (AvgIpc) is 3.12. The molecule has 1 aromatic heterocycles. The van der Waals surface area contributed by atoms with Crippen LogP contribution in [0.15, 0.2) is 77.8 Å². The number of phenolic OH excluding ortho intramolecular Hbond substituents is 1. The molecule has 0 saturated carbocycles. The number of hydrogen-bond donors (Lipinski definition) is 1. The maximum absolute atomic E-state index is 12.6. The van der Waals surface area contributed by atoms with Crippen LogP contribution in [-0.2, 0) is 16.7 Å². The Morgan fingerprint density at radius 3 is 2.48 bits per heavy atom. The van der Waals surface area contributed by atoms with Crippen molar-refractivity contribution in [2.45, 2.75) is 38.1 Å². The van der Waals surface area contributed by atoms with Gasteiger partial charge in [-0.25, -0.2) is 0 Å². The molecule has 0 bridgehead atoms. The van der Waals surface area contributed by atoms with Crippen LogP contribution in [0.3, 0.4) is 0 Å². The fourth-order valence-corrected chi connectivity index (χ4v) is 4.76. The molecule has 1 atom stereocenters. The van der Waals surface area contributed by atoms with E-state index in [4.69, 9.17) is 4.18 Å². The summed E-state index contributed by atoms with van der Waals surface area (Å²) in [6.07, 6.45) is 1.98. The molecule has 160 valence electrons. The molecule has 0 aliphatic heterocycles. The fourth-order valence-electron chi connectivity index (χ4n) is 3.84. The topological polar surface area (TPSA) is 68.5 Å². The average molecular weight is 436 g/mol. The molecule has 0 aliphatic carbocycles. The van der Waals surface area contributed by atoms with Crippen LogP contribution in [0.25, 0.3) is 10.9 Å². The molecule has 0 aliphatic rings. The minimum atomic E-state index is -3.89. The van der Waals surface area contributed by atoms with Gasteiger partial charge in [0.25, 0.3) is 0 Å². The van der Waals surface area contributed by atoms with Crippen LogP contribution < -0.4 is 4.18 Å². The van der Waals surface area contributed by atoms with Crippen molar-refractivity contribution in [3.63, 3.8) is 0 Å². The highest BCUT2D eigenvalue weighted by Gasteiger charge is 2.17. The van der Waals surface area contributed by atoms with Crippen LogP contribution in [0.1, 0.15) is 29.5 Å². The summed E-state index contributed by atoms with van der Waals surface area (Å²) in [6.45, 7) is 6.68. The highest BCUT2D eigenvalue weighted by atomic mass is 32.2. The molecule has 5 nitrogen and oxygen atoms in total. The third-order valence-electron chi connectivity index (χ3n) is 5.61. The smallest absolute Gasteiger partial charge is 0.339 e. The Morgan fingerprint density at radius 2 is 1.74 bits per heavy atom. The zero-order chi connectivity index (χ0) is 22.2. The summed E-state index contributed by atoms with van der Waals surface area (Å²) in [7, 11) is -3.89. The monoisotopic (exact) mass is 435 g/mol. The van der Waals surface area contributed by atoms with Gasteiger partial charge in [0, 0.05) is 23.6 Å². The molecule has 0 spiro atoms. The van der Waals surface area contributed by atoms with Gasteiger partial charge in [-0.05, 0) is 73.4 Å². The van der Waals surface area contributed by atoms with Crippen molar-refractivity contribution in [3.05, 3.63) is 89.6 Å². The van der Waals surface area contributed by atoms with E-state index in [9.17, 15) is 13.5 Å². The Morgan fingerprint density at radius 1 is 1.00 bits per heavy atom. The third-order valence-corrected chi connectivity index (χ3v) is 6.87. The number of rotatable bonds is 6. The minimum Gasteiger partial charge on any atom is -0.508 e. The summed E-state index contributed by atoms with van der Waals surface area (Å²) in [4.78, 5) is 0.131. The molecule has 0 saturated heterocycles. The number of aromatic nitrogens is 1. The molecule has 0 amide bonds. The predicted molar refractivity (Wildman–Crippen MR) is 122 cm³/mol. The van der Waals surface area contributed by atoms with E-state index in [-0.39, 0.29) is 16.6 Å². The van der Waals surface area contributed by atoms with Gasteiger partial charge in [0.2, 0.25) is 0 Å². The van der Waals surface area contributed by atoms with Crippen molar-refractivity contribution < 1.29 is 17.7 Å². The second-order valence-corrected chi connectivity index (χ2v) is 9.48. The van der Waals surface area contributed by atoms with Crippen LogP contribution >= 0.6 is 0 Å². The number of phenols is 1. The Labute approximate surface area is 182 Å². The lowest BCUT2D eigenvalue weighted by Gasteiger charge is -2.17. The first-order valence-corrected chi connectivity index (χ1v) is 11.5. The zero-order valence-corrected chi connectivity index (χ0v) is 18.6. The molecule has 0 fully saturated rings. The van der Waals surface area contributed by atoms with Crippen molar-refractivity contribution in [1.29, 1.82) is 0 Å². The summed E-state index contributed by atoms with van der Waals surface area (Å²) in [5.74, 6) is 0.779. The number of hydrogen-bond acceptors (Lipinski definition) is 4. The molecule has 4 rings (SSSR count). The molecule has 1 heterocycles. The van der Waals surface area contributed by atoms with Crippen molar-refractivity contribution >= 4 is 21.0 Å². The van der Waals surface area contributed by atoms with Gasteiger partial charge in [-0.2, -0.15) is 8.42 Å². The van der Waals surface area contributed by atoms with Gasteiger partial charge in [-0.1, -0.05) is 36.8 Å². The van der Waals surface area contributed by atoms with E-state index in [1.165, 1.54) is 0 Å². The van der Waals surface area contributed by atoms with Crippen molar-refractivity contribution in [1.82, 2.24) is 4.57 Å². The Balaban J connectivity index is 1.57. The fraction of sp³-hybridized carbons (Fsp3) is 0.200. The lowest BCUT2D eigenvalue weighted by Crippen LogP contribution is -2.09.